The van der Waals surface area contributed by atoms with Crippen molar-refractivity contribution < 1.29 is 22.8 Å². The number of aromatic nitrogens is 2. The zero-order valence-corrected chi connectivity index (χ0v) is 13.1. The third-order valence-corrected chi connectivity index (χ3v) is 5.83. The van der Waals surface area contributed by atoms with Gasteiger partial charge in [-0.1, -0.05) is 18.5 Å². The quantitative estimate of drug-likeness (QED) is 0.881. The lowest BCUT2D eigenvalue weighted by molar-refractivity contribution is -0.142. The van der Waals surface area contributed by atoms with Crippen LogP contribution in [0.2, 0.25) is 0 Å². The van der Waals surface area contributed by atoms with Crippen molar-refractivity contribution in [1.82, 2.24) is 10.1 Å². The van der Waals surface area contributed by atoms with Gasteiger partial charge in [-0.25, -0.2) is 8.42 Å². The summed E-state index contributed by atoms with van der Waals surface area (Å²) >= 11 is 0. The molecule has 0 aliphatic heterocycles. The number of carboxylic acids is 1. The van der Waals surface area contributed by atoms with Crippen molar-refractivity contribution in [3.63, 3.8) is 0 Å². The Morgan fingerprint density at radius 1 is 1.48 bits per heavy atom. The maximum atomic E-state index is 11.5. The first kappa shape index (κ1) is 15.9. The number of nitrogens with zero attached hydrogens (tertiary/aromatic N) is 2. The van der Waals surface area contributed by atoms with Crippen LogP contribution in [0.25, 0.3) is 0 Å². The van der Waals surface area contributed by atoms with Gasteiger partial charge < -0.3 is 9.63 Å². The summed E-state index contributed by atoms with van der Waals surface area (Å²) in [6, 6.07) is 0. The molecule has 0 bridgehead atoms. The molecule has 1 fully saturated rings. The number of sulfone groups is 1. The van der Waals surface area contributed by atoms with Crippen LogP contribution >= 0.6 is 0 Å². The van der Waals surface area contributed by atoms with Gasteiger partial charge >= 0.3 is 5.97 Å². The largest absolute Gasteiger partial charge is 0.481 e. The van der Waals surface area contributed by atoms with Gasteiger partial charge in [0.15, 0.2) is 15.7 Å². The Kier molecular flexibility index (Phi) is 4.36. The molecular weight excluding hydrogens is 296 g/mol. The molecule has 7 nitrogen and oxygen atoms in total. The fraction of sp³-hybridized carbons (Fsp3) is 0.769. The third-order valence-electron chi connectivity index (χ3n) is 4.34. The van der Waals surface area contributed by atoms with Crippen molar-refractivity contribution in [2.24, 2.45) is 11.8 Å². The van der Waals surface area contributed by atoms with Crippen LogP contribution in [-0.2, 0) is 14.6 Å². The Balaban J connectivity index is 2.26. The van der Waals surface area contributed by atoms with E-state index in [9.17, 15) is 18.3 Å². The van der Waals surface area contributed by atoms with Crippen LogP contribution in [0.15, 0.2) is 4.52 Å². The number of hydrogen-bond donors (Lipinski definition) is 1. The molecule has 1 N–H and O–H groups in total. The van der Waals surface area contributed by atoms with E-state index in [4.69, 9.17) is 4.52 Å². The molecule has 1 aromatic heterocycles. The molecule has 8 heteroatoms. The molecule has 0 radical (unpaired) electrons. The summed E-state index contributed by atoms with van der Waals surface area (Å²) in [7, 11) is -3.31. The first-order chi connectivity index (χ1) is 9.74. The fourth-order valence-corrected chi connectivity index (χ4v) is 3.26. The van der Waals surface area contributed by atoms with Gasteiger partial charge in [0.05, 0.1) is 11.8 Å². The number of carboxylic acid groups (broad SMARTS) is 1. The first-order valence-electron chi connectivity index (χ1n) is 6.99. The van der Waals surface area contributed by atoms with E-state index < -0.39 is 27.0 Å². The van der Waals surface area contributed by atoms with Gasteiger partial charge in [-0.15, -0.1) is 0 Å². The average Bonchev–Trinajstić information content (AvgIpc) is 3.02. The Bertz CT molecular complexity index is 624. The molecule has 4 atom stereocenters. The Morgan fingerprint density at radius 2 is 2.14 bits per heavy atom. The summed E-state index contributed by atoms with van der Waals surface area (Å²) < 4.78 is 28.2. The van der Waals surface area contributed by atoms with Gasteiger partial charge in [0.25, 0.3) is 0 Å². The number of carbonyl (C=O) groups is 1. The van der Waals surface area contributed by atoms with Crippen molar-refractivity contribution >= 4 is 15.8 Å². The molecule has 0 amide bonds. The maximum Gasteiger partial charge on any atom is 0.307 e. The number of hydrogen-bond acceptors (Lipinski definition) is 6. The molecule has 1 heterocycles. The molecule has 4 unspecified atom stereocenters. The minimum Gasteiger partial charge on any atom is -0.481 e. The molecule has 21 heavy (non-hydrogen) atoms. The summed E-state index contributed by atoms with van der Waals surface area (Å²) in [5.74, 6) is -1.09. The molecule has 2 rings (SSSR count). The topological polar surface area (TPSA) is 110 Å². The highest BCUT2D eigenvalue weighted by Gasteiger charge is 2.42. The summed E-state index contributed by atoms with van der Waals surface area (Å²) in [5.41, 5.74) is 0. The lowest BCUT2D eigenvalue weighted by atomic mass is 9.96. The third kappa shape index (κ3) is 3.25. The molecule has 0 aromatic carbocycles. The van der Waals surface area contributed by atoms with E-state index in [-0.39, 0.29) is 17.6 Å². The maximum absolute atomic E-state index is 11.5. The van der Waals surface area contributed by atoms with Crippen molar-refractivity contribution in [3.8, 4) is 0 Å². The van der Waals surface area contributed by atoms with Crippen molar-refractivity contribution in [1.29, 1.82) is 0 Å². The summed E-state index contributed by atoms with van der Waals surface area (Å²) in [6.07, 6.45) is 3.29. The molecule has 1 aromatic rings. The second-order valence-corrected chi connectivity index (χ2v) is 8.13. The predicted octanol–water partition coefficient (Wildman–Crippen LogP) is 1.78. The van der Waals surface area contributed by atoms with Crippen LogP contribution in [-0.4, -0.2) is 35.9 Å². The second-order valence-electron chi connectivity index (χ2n) is 5.76. The minimum atomic E-state index is -3.31. The predicted molar refractivity (Wildman–Crippen MR) is 74.4 cm³/mol. The standard InChI is InChI=1S/C13H20N2O5S/c1-4-8-5-9(10(6-8)13(16)17)12-14-11(15-20-12)7(2)21(3,18)19/h7-10H,4-6H2,1-3H3,(H,16,17). The van der Waals surface area contributed by atoms with Crippen LogP contribution in [0, 0.1) is 11.8 Å². The first-order valence-corrected chi connectivity index (χ1v) is 8.94. The van der Waals surface area contributed by atoms with Gasteiger partial charge in [0, 0.05) is 6.26 Å². The number of rotatable bonds is 5. The monoisotopic (exact) mass is 316 g/mol. The molecule has 118 valence electrons. The Hall–Kier alpha value is -1.44. The molecule has 0 saturated heterocycles. The van der Waals surface area contributed by atoms with Crippen LogP contribution in [0.3, 0.4) is 0 Å². The SMILES string of the molecule is CCC1CC(C(=O)O)C(c2nc(C(C)S(C)(=O)=O)no2)C1. The summed E-state index contributed by atoms with van der Waals surface area (Å²) in [5, 5.41) is 12.2. The van der Waals surface area contributed by atoms with Gasteiger partial charge in [-0.05, 0) is 25.7 Å². The fourth-order valence-electron chi connectivity index (χ4n) is 2.78. The van der Waals surface area contributed by atoms with Crippen molar-refractivity contribution in [3.05, 3.63) is 11.7 Å². The second kappa shape index (κ2) is 5.75. The van der Waals surface area contributed by atoms with Crippen LogP contribution in [0.5, 0.6) is 0 Å². The molecule has 0 spiro atoms. The summed E-state index contributed by atoms with van der Waals surface area (Å²) in [4.78, 5) is 15.5. The van der Waals surface area contributed by atoms with Crippen molar-refractivity contribution in [2.75, 3.05) is 6.26 Å². The normalized spacial score (nSPS) is 27.7. The van der Waals surface area contributed by atoms with Gasteiger partial charge in [-0.2, -0.15) is 4.98 Å². The highest BCUT2D eigenvalue weighted by Crippen LogP contribution is 2.44. The van der Waals surface area contributed by atoms with Crippen LogP contribution < -0.4 is 0 Å². The highest BCUT2D eigenvalue weighted by atomic mass is 32.2. The van der Waals surface area contributed by atoms with Crippen molar-refractivity contribution in [2.45, 2.75) is 44.3 Å². The lowest BCUT2D eigenvalue weighted by Gasteiger charge is -2.10. The van der Waals surface area contributed by atoms with Gasteiger partial charge in [0.1, 0.15) is 5.25 Å². The molecular formula is C13H20N2O5S. The summed E-state index contributed by atoms with van der Waals surface area (Å²) in [6.45, 7) is 3.51. The number of aliphatic carboxylic acids is 1. The van der Waals surface area contributed by atoms with E-state index in [1.807, 2.05) is 6.92 Å². The average molecular weight is 316 g/mol. The lowest BCUT2D eigenvalue weighted by Crippen LogP contribution is -2.17. The van der Waals surface area contributed by atoms with Gasteiger partial charge in [0.2, 0.25) is 5.89 Å². The zero-order valence-electron chi connectivity index (χ0n) is 12.3. The molecule has 1 saturated carbocycles. The Labute approximate surface area is 123 Å². The van der Waals surface area contributed by atoms with E-state index in [0.717, 1.165) is 12.7 Å². The smallest absolute Gasteiger partial charge is 0.307 e. The van der Waals surface area contributed by atoms with E-state index in [1.54, 1.807) is 0 Å². The van der Waals surface area contributed by atoms with Crippen LogP contribution in [0.4, 0.5) is 0 Å². The highest BCUT2D eigenvalue weighted by molar-refractivity contribution is 7.90. The van der Waals surface area contributed by atoms with E-state index in [2.05, 4.69) is 10.1 Å². The molecule has 1 aliphatic rings. The minimum absolute atomic E-state index is 0.0941. The van der Waals surface area contributed by atoms with E-state index in [0.29, 0.717) is 18.8 Å². The zero-order chi connectivity index (χ0) is 15.8. The Morgan fingerprint density at radius 3 is 2.67 bits per heavy atom. The van der Waals surface area contributed by atoms with Gasteiger partial charge in [-0.3, -0.25) is 4.79 Å². The van der Waals surface area contributed by atoms with E-state index >= 15 is 0 Å². The molecule has 1 aliphatic carbocycles. The van der Waals surface area contributed by atoms with Crippen LogP contribution in [0.1, 0.15) is 56.0 Å². The van der Waals surface area contributed by atoms with E-state index in [1.165, 1.54) is 6.92 Å².